The summed E-state index contributed by atoms with van der Waals surface area (Å²) in [5, 5.41) is 35.9. The maximum Gasteiger partial charge on any atom is 2.00 e. The fourth-order valence-electron chi connectivity index (χ4n) is 6.58. The maximum atomic E-state index is 13.9. The number of fused-ring (bicyclic) bond motifs is 8. The second kappa shape index (κ2) is 12.4. The number of carbonyl (C=O) groups excluding carboxylic acids is 2. The van der Waals surface area contributed by atoms with E-state index < -0.39 is 23.6 Å². The van der Waals surface area contributed by atoms with Crippen molar-refractivity contribution in [3.63, 3.8) is 0 Å². The van der Waals surface area contributed by atoms with Gasteiger partial charge in [-0.15, -0.1) is 22.1 Å². The number of ether oxygens (including phenoxy) is 1. The molecule has 0 radical (unpaired) electrons. The van der Waals surface area contributed by atoms with E-state index in [0.717, 1.165) is 11.1 Å². The van der Waals surface area contributed by atoms with Crippen molar-refractivity contribution in [1.29, 1.82) is 0 Å². The Morgan fingerprint density at radius 2 is 1.72 bits per heavy atom. The number of carboxylic acid groups (broad SMARTS) is 1. The molecular weight excluding hydrogens is 597 g/mol. The van der Waals surface area contributed by atoms with Crippen LogP contribution in [0.25, 0.3) is 50.6 Å². The van der Waals surface area contributed by atoms with Crippen LogP contribution in [0.4, 0.5) is 0 Å². The number of aryl methyl sites for hydroxylation is 2. The molecule has 2 aliphatic heterocycles. The number of aliphatic carboxylic acids is 1. The van der Waals surface area contributed by atoms with Gasteiger partial charge in [-0.25, -0.2) is 9.78 Å². The Labute approximate surface area is 281 Å². The molecule has 0 fully saturated rings. The molecule has 10 nitrogen and oxygen atoms in total. The normalized spacial score (nSPS) is 16.8. The fraction of sp³-hybridized carbons (Fsp3) is 0.257. The summed E-state index contributed by atoms with van der Waals surface area (Å²) in [4.78, 5) is 44.2. The van der Waals surface area contributed by atoms with Crippen LogP contribution in [0.5, 0.6) is 0 Å². The number of hydrogen-bond donors (Lipinski definition) is 1. The van der Waals surface area contributed by atoms with Crippen molar-refractivity contribution in [2.45, 2.75) is 45.4 Å². The van der Waals surface area contributed by atoms with Crippen LogP contribution < -0.4 is 20.2 Å². The van der Waals surface area contributed by atoms with Crippen molar-refractivity contribution in [2.75, 3.05) is 13.7 Å². The molecule has 0 amide bonds. The summed E-state index contributed by atoms with van der Waals surface area (Å²) >= 11 is 0. The van der Waals surface area contributed by atoms with Gasteiger partial charge in [0.25, 0.3) is 0 Å². The Balaban J connectivity index is 0.00000417. The van der Waals surface area contributed by atoms with E-state index in [1.165, 1.54) is 7.11 Å². The van der Waals surface area contributed by atoms with Gasteiger partial charge in [-0.3, -0.25) is 4.98 Å². The molecule has 2 atom stereocenters. The average Bonchev–Trinajstić information content (AvgIpc) is 3.76. The van der Waals surface area contributed by atoms with Gasteiger partial charge >= 0.3 is 29.0 Å². The average molecular weight is 627 g/mol. The molecule has 1 N–H and O–H groups in total. The van der Waals surface area contributed by atoms with Crippen molar-refractivity contribution in [3.05, 3.63) is 88.0 Å². The Morgan fingerprint density at radius 1 is 1.02 bits per heavy atom. The van der Waals surface area contributed by atoms with Crippen molar-refractivity contribution in [3.8, 4) is 0 Å². The summed E-state index contributed by atoms with van der Waals surface area (Å²) in [6.07, 6.45) is 3.24. The fourth-order valence-corrected chi connectivity index (χ4v) is 6.58. The molecule has 8 bridgehead atoms. The van der Waals surface area contributed by atoms with E-state index in [2.05, 4.69) is 13.2 Å². The van der Waals surface area contributed by atoms with E-state index in [4.69, 9.17) is 24.7 Å². The Bertz CT molecular complexity index is 2080. The number of hydrogen-bond acceptors (Lipinski definition) is 8. The van der Waals surface area contributed by atoms with Gasteiger partial charge in [0.05, 0.1) is 36.4 Å². The first-order valence-electron chi connectivity index (χ1n) is 14.5. The molecule has 3 aliphatic rings. The number of aromatic nitrogens is 4. The number of methoxy groups -OCH3 is 1. The van der Waals surface area contributed by atoms with Gasteiger partial charge < -0.3 is 34.8 Å². The SMILES string of the molecule is C=CC1=C(CO)c2cc3[n-]c(cc4nc(c5c6[n-]c(cc1n2)c(C)c6C([O-])=C5C(=O)OC)[C@@H](CCC(=O)[O-])[C@@H]4C)c(C)c3C=C.[Mg+2]. The number of aliphatic hydroxyl groups excluding tert-OH is 1. The Kier molecular flexibility index (Phi) is 8.87. The second-order valence-corrected chi connectivity index (χ2v) is 11.3. The number of allylic oxidation sites excluding steroid dienone is 2. The zero-order valence-electron chi connectivity index (χ0n) is 26.1. The minimum Gasteiger partial charge on any atom is -0.871 e. The molecular formula is C35H30MgN4O6-2. The first-order chi connectivity index (χ1) is 21.5. The number of carbonyl (C=O) groups is 2. The summed E-state index contributed by atoms with van der Waals surface area (Å²) < 4.78 is 5.04. The van der Waals surface area contributed by atoms with Crippen LogP contribution in [0.1, 0.15) is 82.2 Å². The summed E-state index contributed by atoms with van der Waals surface area (Å²) in [6, 6.07) is 5.35. The van der Waals surface area contributed by atoms with Gasteiger partial charge in [0.15, 0.2) is 0 Å². The van der Waals surface area contributed by atoms with Gasteiger partial charge in [-0.2, -0.15) is 0 Å². The van der Waals surface area contributed by atoms with Crippen LogP contribution in [0, 0.1) is 13.8 Å². The van der Waals surface area contributed by atoms with Crippen LogP contribution in [0.2, 0.25) is 0 Å². The topological polar surface area (TPSA) is 164 Å². The monoisotopic (exact) mass is 626 g/mol. The minimum absolute atomic E-state index is 0. The summed E-state index contributed by atoms with van der Waals surface area (Å²) in [7, 11) is 1.20. The van der Waals surface area contributed by atoms with Crippen molar-refractivity contribution in [2.24, 2.45) is 0 Å². The number of carboxylic acids is 1. The number of nitrogens with zero attached hydrogens (tertiary/aromatic N) is 4. The molecule has 46 heavy (non-hydrogen) atoms. The largest absolute Gasteiger partial charge is 2.00 e. The molecule has 0 saturated carbocycles. The second-order valence-electron chi connectivity index (χ2n) is 11.3. The van der Waals surface area contributed by atoms with E-state index >= 15 is 0 Å². The van der Waals surface area contributed by atoms with Crippen LogP contribution in [0.3, 0.4) is 0 Å². The molecule has 0 saturated heterocycles. The molecule has 0 unspecified atom stereocenters. The molecule has 1 aliphatic carbocycles. The van der Waals surface area contributed by atoms with Gasteiger partial charge in [0.2, 0.25) is 0 Å². The summed E-state index contributed by atoms with van der Waals surface area (Å²) in [5.74, 6) is -3.35. The number of esters is 1. The summed E-state index contributed by atoms with van der Waals surface area (Å²) in [5.41, 5.74) is 7.57. The predicted octanol–water partition coefficient (Wildman–Crippen LogP) is 2.67. The quantitative estimate of drug-likeness (QED) is 0.305. The molecule has 230 valence electrons. The van der Waals surface area contributed by atoms with Gasteiger partial charge in [-0.05, 0) is 43.4 Å². The van der Waals surface area contributed by atoms with Crippen molar-refractivity contribution < 1.29 is 29.6 Å². The molecule has 3 aromatic heterocycles. The predicted molar refractivity (Wildman–Crippen MR) is 173 cm³/mol. The molecule has 0 aromatic carbocycles. The van der Waals surface area contributed by atoms with Crippen LogP contribution in [-0.2, 0) is 14.3 Å². The van der Waals surface area contributed by atoms with Gasteiger partial charge in [0.1, 0.15) is 0 Å². The van der Waals surface area contributed by atoms with E-state index in [-0.39, 0.29) is 70.6 Å². The molecule has 5 heterocycles. The van der Waals surface area contributed by atoms with Crippen LogP contribution in [0.15, 0.2) is 37.4 Å². The Morgan fingerprint density at radius 3 is 2.35 bits per heavy atom. The number of aliphatic hydroxyl groups is 1. The molecule has 3 aromatic rings. The van der Waals surface area contributed by atoms with Crippen LogP contribution in [-0.4, -0.2) is 63.8 Å². The van der Waals surface area contributed by atoms with E-state index in [1.807, 2.05) is 19.9 Å². The summed E-state index contributed by atoms with van der Waals surface area (Å²) in [6.45, 7) is 13.2. The zero-order valence-corrected chi connectivity index (χ0v) is 27.5. The maximum absolute atomic E-state index is 13.9. The Hall–Kier alpha value is -4.45. The molecule has 6 rings (SSSR count). The van der Waals surface area contributed by atoms with Crippen molar-refractivity contribution in [1.82, 2.24) is 19.9 Å². The van der Waals surface area contributed by atoms with E-state index in [9.17, 15) is 24.9 Å². The molecule has 0 spiro atoms. The van der Waals surface area contributed by atoms with Gasteiger partial charge in [-0.1, -0.05) is 67.3 Å². The zero-order chi connectivity index (χ0) is 32.3. The van der Waals surface area contributed by atoms with E-state index in [0.29, 0.717) is 56.0 Å². The van der Waals surface area contributed by atoms with Crippen LogP contribution >= 0.6 is 0 Å². The smallest absolute Gasteiger partial charge is 0.871 e. The van der Waals surface area contributed by atoms with E-state index in [1.54, 1.807) is 31.2 Å². The first-order valence-corrected chi connectivity index (χ1v) is 14.5. The minimum atomic E-state index is -1.21. The third-order valence-corrected chi connectivity index (χ3v) is 9.00. The van der Waals surface area contributed by atoms with Gasteiger partial charge in [0, 0.05) is 34.6 Å². The van der Waals surface area contributed by atoms with Crippen molar-refractivity contribution >= 4 is 85.6 Å². The standard InChI is InChI=1S/C35H34N4O6.Mg/c1-7-18-15(3)22-11-23-16(4)20(9-10-28(41)42)32(38-23)30-31(35(44)45-6)34(43)29-17(5)24(39-33(29)30)12-26-19(8-2)21(14-40)27(37-26)13-25(18)36-22;/h7-8,11-13,16,20,40H,1-2,9-10,14H2,3-6H3,(H4,36,37,38,39,41,42,43,44);/q;+2/p-4/t16-,20-;/m0./s1. The third-order valence-electron chi connectivity index (χ3n) is 9.00. The number of rotatable bonds is 7. The molecule has 11 heteroatoms. The third kappa shape index (κ3) is 4.99. The first kappa shape index (κ1) is 32.9.